The lowest BCUT2D eigenvalue weighted by Gasteiger charge is -2.01. The van der Waals surface area contributed by atoms with E-state index in [0.717, 1.165) is 0 Å². The molecule has 0 saturated heterocycles. The normalized spacial score (nSPS) is 10.8. The van der Waals surface area contributed by atoms with E-state index in [0.29, 0.717) is 12.1 Å². The van der Waals surface area contributed by atoms with Crippen LogP contribution in [0.15, 0.2) is 12.1 Å². The fraction of sp³-hybridized carbons (Fsp3) is 0.143. The van der Waals surface area contributed by atoms with Crippen molar-refractivity contribution in [3.05, 3.63) is 34.4 Å². The molecule has 66 valence electrons. The van der Waals surface area contributed by atoms with Crippen LogP contribution in [0.25, 0.3) is 0 Å². The topological polar surface area (TPSA) is 0 Å². The maximum atomic E-state index is 12.4. The quantitative estimate of drug-likeness (QED) is 0.478. The van der Waals surface area contributed by atoms with E-state index in [4.69, 9.17) is 11.6 Å². The molecule has 0 atom stereocenters. The van der Waals surface area contributed by atoms with Crippen LogP contribution >= 0.6 is 11.6 Å². The lowest BCUT2D eigenvalue weighted by molar-refractivity contribution is 0.150. The van der Waals surface area contributed by atoms with E-state index in [1.54, 1.807) is 0 Å². The van der Waals surface area contributed by atoms with Gasteiger partial charge in [-0.1, -0.05) is 11.6 Å². The first-order chi connectivity index (χ1) is 5.52. The Balaban J connectivity index is 3.21. The first-order valence-corrected chi connectivity index (χ1v) is 3.32. The van der Waals surface area contributed by atoms with Gasteiger partial charge in [-0.15, -0.1) is 0 Å². The Morgan fingerprint density at radius 2 is 1.75 bits per heavy atom. The molecule has 1 aromatic rings. The zero-order chi connectivity index (χ0) is 9.30. The van der Waals surface area contributed by atoms with E-state index < -0.39 is 28.6 Å². The van der Waals surface area contributed by atoms with Gasteiger partial charge >= 0.3 is 0 Å². The predicted molar refractivity (Wildman–Crippen MR) is 36.3 cm³/mol. The van der Waals surface area contributed by atoms with E-state index in [-0.39, 0.29) is 0 Å². The monoisotopic (exact) mass is 198 g/mol. The molecule has 1 aromatic carbocycles. The Morgan fingerprint density at radius 3 is 2.17 bits per heavy atom. The first kappa shape index (κ1) is 9.32. The van der Waals surface area contributed by atoms with Gasteiger partial charge in [0.15, 0.2) is 11.6 Å². The average molecular weight is 199 g/mol. The molecule has 0 aliphatic carbocycles. The number of hydrogen-bond acceptors (Lipinski definition) is 0. The van der Waals surface area contributed by atoms with Crippen LogP contribution in [0.5, 0.6) is 0 Å². The minimum absolute atomic E-state index is 0.423. The summed E-state index contributed by atoms with van der Waals surface area (Å²) >= 11 is 5.11. The summed E-state index contributed by atoms with van der Waals surface area (Å²) in [6, 6.07) is 1.12. The molecule has 12 heavy (non-hydrogen) atoms. The van der Waals surface area contributed by atoms with E-state index in [9.17, 15) is 17.6 Å². The number of benzene rings is 1. The van der Waals surface area contributed by atoms with Crippen LogP contribution in [0.3, 0.4) is 0 Å². The molecule has 0 N–H and O–H groups in total. The van der Waals surface area contributed by atoms with Gasteiger partial charge < -0.3 is 0 Å². The van der Waals surface area contributed by atoms with Crippen molar-refractivity contribution in [3.8, 4) is 0 Å². The minimum Gasteiger partial charge on any atom is -0.205 e. The standard InChI is InChI=1S/C7H3ClF4/c8-4-1-3(7(11)12)2-5(9)6(4)10/h1-2,7H. The van der Waals surface area contributed by atoms with E-state index in [2.05, 4.69) is 0 Å². The summed E-state index contributed by atoms with van der Waals surface area (Å²) in [5.74, 6) is -2.67. The van der Waals surface area contributed by atoms with Crippen LogP contribution < -0.4 is 0 Å². The predicted octanol–water partition coefficient (Wildman–Crippen LogP) is 3.56. The van der Waals surface area contributed by atoms with Gasteiger partial charge in [-0.25, -0.2) is 17.6 Å². The molecule has 0 saturated carbocycles. The maximum absolute atomic E-state index is 12.4. The molecule has 0 bridgehead atoms. The van der Waals surface area contributed by atoms with Gasteiger partial charge in [-0.2, -0.15) is 0 Å². The molecule has 0 heterocycles. The Bertz CT molecular complexity index is 274. The highest BCUT2D eigenvalue weighted by molar-refractivity contribution is 6.30. The smallest absolute Gasteiger partial charge is 0.205 e. The lowest BCUT2D eigenvalue weighted by atomic mass is 10.2. The fourth-order valence-electron chi connectivity index (χ4n) is 0.701. The third-order valence-electron chi connectivity index (χ3n) is 1.26. The van der Waals surface area contributed by atoms with Crippen LogP contribution in [0.4, 0.5) is 17.6 Å². The Morgan fingerprint density at radius 1 is 1.17 bits per heavy atom. The van der Waals surface area contributed by atoms with Gasteiger partial charge in [-0.3, -0.25) is 0 Å². The zero-order valence-corrected chi connectivity index (χ0v) is 6.38. The summed E-state index contributed by atoms with van der Waals surface area (Å²) in [4.78, 5) is 0. The highest BCUT2D eigenvalue weighted by Crippen LogP contribution is 2.26. The molecular weight excluding hydrogens is 196 g/mol. The molecule has 0 spiro atoms. The van der Waals surface area contributed by atoms with Gasteiger partial charge in [0.25, 0.3) is 6.43 Å². The third-order valence-corrected chi connectivity index (χ3v) is 1.53. The molecule has 0 aliphatic heterocycles. The van der Waals surface area contributed by atoms with Crippen molar-refractivity contribution >= 4 is 11.6 Å². The lowest BCUT2D eigenvalue weighted by Crippen LogP contribution is -1.91. The van der Waals surface area contributed by atoms with Crippen LogP contribution in [0.2, 0.25) is 5.02 Å². The van der Waals surface area contributed by atoms with Crippen molar-refractivity contribution in [2.24, 2.45) is 0 Å². The highest BCUT2D eigenvalue weighted by Gasteiger charge is 2.14. The van der Waals surface area contributed by atoms with Gasteiger partial charge in [-0.05, 0) is 12.1 Å². The van der Waals surface area contributed by atoms with Crippen molar-refractivity contribution in [3.63, 3.8) is 0 Å². The Labute approximate surface area is 70.8 Å². The summed E-state index contributed by atoms with van der Waals surface area (Å²) < 4.78 is 48.7. The van der Waals surface area contributed by atoms with E-state index in [1.807, 2.05) is 0 Å². The first-order valence-electron chi connectivity index (χ1n) is 2.95. The van der Waals surface area contributed by atoms with Crippen LogP contribution in [-0.4, -0.2) is 0 Å². The van der Waals surface area contributed by atoms with E-state index in [1.165, 1.54) is 0 Å². The molecular formula is C7H3ClF4. The minimum atomic E-state index is -2.85. The highest BCUT2D eigenvalue weighted by atomic mass is 35.5. The number of rotatable bonds is 1. The largest absolute Gasteiger partial charge is 0.264 e. The van der Waals surface area contributed by atoms with Gasteiger partial charge in [0, 0.05) is 5.56 Å². The van der Waals surface area contributed by atoms with Gasteiger partial charge in [0.1, 0.15) is 0 Å². The molecule has 0 aromatic heterocycles. The summed E-state index contributed by atoms with van der Waals surface area (Å²) in [5, 5.41) is -0.634. The number of alkyl halides is 2. The molecule has 0 fully saturated rings. The molecule has 0 radical (unpaired) electrons. The van der Waals surface area contributed by atoms with Crippen LogP contribution in [-0.2, 0) is 0 Å². The summed E-state index contributed by atoms with van der Waals surface area (Å²) in [5.41, 5.74) is -0.626. The van der Waals surface area contributed by atoms with Crippen molar-refractivity contribution in [2.45, 2.75) is 6.43 Å². The maximum Gasteiger partial charge on any atom is 0.264 e. The second-order valence-electron chi connectivity index (χ2n) is 2.10. The molecule has 0 nitrogen and oxygen atoms in total. The third kappa shape index (κ3) is 1.69. The Hall–Kier alpha value is -0.770. The van der Waals surface area contributed by atoms with Gasteiger partial charge in [0.2, 0.25) is 0 Å². The van der Waals surface area contributed by atoms with Crippen molar-refractivity contribution in [1.29, 1.82) is 0 Å². The average Bonchev–Trinajstić information content (AvgIpc) is 1.99. The van der Waals surface area contributed by atoms with Gasteiger partial charge in [0.05, 0.1) is 5.02 Å². The number of halogens is 5. The SMILES string of the molecule is Fc1cc(C(F)F)cc(Cl)c1F. The molecule has 0 unspecified atom stereocenters. The van der Waals surface area contributed by atoms with Crippen molar-refractivity contribution in [2.75, 3.05) is 0 Å². The summed E-state index contributed by atoms with van der Waals surface area (Å²) in [6.45, 7) is 0. The molecule has 1 rings (SSSR count). The molecule has 5 heteroatoms. The number of hydrogen-bond donors (Lipinski definition) is 0. The molecule has 0 amide bonds. The van der Waals surface area contributed by atoms with Crippen LogP contribution in [0, 0.1) is 11.6 Å². The van der Waals surface area contributed by atoms with Crippen LogP contribution in [0.1, 0.15) is 12.0 Å². The zero-order valence-electron chi connectivity index (χ0n) is 5.62. The summed E-state index contributed by atoms with van der Waals surface area (Å²) in [7, 11) is 0. The fourth-order valence-corrected chi connectivity index (χ4v) is 0.917. The molecule has 0 aliphatic rings. The Kier molecular flexibility index (Phi) is 2.57. The van der Waals surface area contributed by atoms with E-state index >= 15 is 0 Å². The second-order valence-corrected chi connectivity index (χ2v) is 2.51. The second kappa shape index (κ2) is 3.31. The van der Waals surface area contributed by atoms with Crippen molar-refractivity contribution < 1.29 is 17.6 Å². The van der Waals surface area contributed by atoms with Crippen molar-refractivity contribution in [1.82, 2.24) is 0 Å². The summed E-state index contributed by atoms with van der Waals surface area (Å²) in [6.07, 6.45) is -2.85.